The Labute approximate surface area is 168 Å². The first-order valence-corrected chi connectivity index (χ1v) is 10.3. The Morgan fingerprint density at radius 3 is 2.61 bits per heavy atom. The second-order valence-electron chi connectivity index (χ2n) is 6.69. The number of hydrogen-bond donors (Lipinski definition) is 1. The van der Waals surface area contributed by atoms with E-state index in [9.17, 15) is 4.79 Å². The third-order valence-corrected chi connectivity index (χ3v) is 5.37. The summed E-state index contributed by atoms with van der Waals surface area (Å²) in [6.45, 7) is 0.489. The number of methoxy groups -OCH3 is 1. The lowest BCUT2D eigenvalue weighted by molar-refractivity contribution is -0.118. The summed E-state index contributed by atoms with van der Waals surface area (Å²) in [6, 6.07) is 17.7. The van der Waals surface area contributed by atoms with Crippen molar-refractivity contribution < 1.29 is 9.53 Å². The predicted molar refractivity (Wildman–Crippen MR) is 109 cm³/mol. The maximum atomic E-state index is 12.2. The molecule has 0 radical (unpaired) electrons. The van der Waals surface area contributed by atoms with Gasteiger partial charge >= 0.3 is 0 Å². The summed E-state index contributed by atoms with van der Waals surface area (Å²) in [7, 11) is 1.63. The summed E-state index contributed by atoms with van der Waals surface area (Å²) >= 11 is 1.37. The highest BCUT2D eigenvalue weighted by Gasteiger charge is 2.30. The van der Waals surface area contributed by atoms with Gasteiger partial charge in [-0.1, -0.05) is 42.1 Å². The summed E-state index contributed by atoms with van der Waals surface area (Å²) in [5.74, 6) is 2.53. The van der Waals surface area contributed by atoms with Crippen molar-refractivity contribution in [2.24, 2.45) is 0 Å². The second kappa shape index (κ2) is 8.48. The van der Waals surface area contributed by atoms with E-state index >= 15 is 0 Å². The fourth-order valence-electron chi connectivity index (χ4n) is 2.86. The van der Waals surface area contributed by atoms with E-state index in [1.807, 2.05) is 59.3 Å². The quantitative estimate of drug-likeness (QED) is 0.592. The molecule has 1 aliphatic rings. The average Bonchev–Trinajstić information content (AvgIpc) is 3.51. The number of aromatic nitrogens is 3. The summed E-state index contributed by atoms with van der Waals surface area (Å²) in [5.41, 5.74) is 2.04. The van der Waals surface area contributed by atoms with Crippen LogP contribution in [0.3, 0.4) is 0 Å². The van der Waals surface area contributed by atoms with E-state index in [1.54, 1.807) is 7.11 Å². The molecule has 144 valence electrons. The first-order valence-electron chi connectivity index (χ1n) is 9.28. The van der Waals surface area contributed by atoms with Crippen LogP contribution in [-0.4, -0.2) is 33.5 Å². The van der Waals surface area contributed by atoms with Gasteiger partial charge in [-0.05, 0) is 42.7 Å². The van der Waals surface area contributed by atoms with Gasteiger partial charge in [0.2, 0.25) is 11.1 Å². The van der Waals surface area contributed by atoms with Crippen LogP contribution >= 0.6 is 11.8 Å². The molecular weight excluding hydrogens is 372 g/mol. The number of thioether (sulfide) groups is 1. The Morgan fingerprint density at radius 1 is 1.18 bits per heavy atom. The number of carbonyl (C=O) groups is 1. The molecule has 2 aromatic carbocycles. The fourth-order valence-corrected chi connectivity index (χ4v) is 3.52. The molecule has 1 heterocycles. The number of para-hydroxylation sites is 1. The Kier molecular flexibility index (Phi) is 5.62. The lowest BCUT2D eigenvalue weighted by Crippen LogP contribution is -2.24. The molecule has 1 saturated carbocycles. The highest BCUT2D eigenvalue weighted by molar-refractivity contribution is 7.99. The van der Waals surface area contributed by atoms with Gasteiger partial charge < -0.3 is 10.1 Å². The number of amides is 1. The maximum absolute atomic E-state index is 12.2. The number of benzene rings is 2. The number of carbonyl (C=O) groups excluding carboxylic acids is 1. The molecule has 1 N–H and O–H groups in total. The highest BCUT2D eigenvalue weighted by Crippen LogP contribution is 2.40. The molecular formula is C21H22N4O2S. The lowest BCUT2D eigenvalue weighted by Gasteiger charge is -2.05. The van der Waals surface area contributed by atoms with Crippen LogP contribution in [0.5, 0.6) is 5.75 Å². The number of nitrogens with one attached hydrogen (secondary N) is 1. The third kappa shape index (κ3) is 4.54. The standard InChI is InChI=1S/C21H22N4O2S/c1-27-18-11-7-15(8-12-18)13-22-19(26)14-28-21-23-20(16-9-10-16)25(24-21)17-5-3-2-4-6-17/h2-8,11-12,16H,9-10,13-14H2,1H3,(H,22,26). The van der Waals surface area contributed by atoms with Crippen molar-refractivity contribution in [2.45, 2.75) is 30.5 Å². The molecule has 0 bridgehead atoms. The molecule has 3 aromatic rings. The van der Waals surface area contributed by atoms with Crippen LogP contribution in [0.1, 0.15) is 30.1 Å². The monoisotopic (exact) mass is 394 g/mol. The van der Waals surface area contributed by atoms with Gasteiger partial charge in [-0.25, -0.2) is 9.67 Å². The van der Waals surface area contributed by atoms with Crippen molar-refractivity contribution in [3.63, 3.8) is 0 Å². The molecule has 0 saturated heterocycles. The molecule has 1 aromatic heterocycles. The number of nitrogens with zero attached hydrogens (tertiary/aromatic N) is 3. The Morgan fingerprint density at radius 2 is 1.93 bits per heavy atom. The molecule has 1 amide bonds. The largest absolute Gasteiger partial charge is 0.497 e. The zero-order valence-electron chi connectivity index (χ0n) is 15.7. The van der Waals surface area contributed by atoms with Gasteiger partial charge in [0, 0.05) is 12.5 Å². The summed E-state index contributed by atoms with van der Waals surface area (Å²) < 4.78 is 7.05. The molecule has 1 aliphatic carbocycles. The topological polar surface area (TPSA) is 69.0 Å². The molecule has 28 heavy (non-hydrogen) atoms. The number of ether oxygens (including phenoxy) is 1. The second-order valence-corrected chi connectivity index (χ2v) is 7.63. The van der Waals surface area contributed by atoms with Crippen molar-refractivity contribution in [1.29, 1.82) is 0 Å². The van der Waals surface area contributed by atoms with Crippen LogP contribution in [0.25, 0.3) is 5.69 Å². The van der Waals surface area contributed by atoms with Crippen molar-refractivity contribution in [1.82, 2.24) is 20.1 Å². The van der Waals surface area contributed by atoms with E-state index in [-0.39, 0.29) is 5.91 Å². The zero-order chi connectivity index (χ0) is 19.3. The van der Waals surface area contributed by atoms with Crippen LogP contribution in [0, 0.1) is 0 Å². The number of hydrogen-bond acceptors (Lipinski definition) is 5. The molecule has 7 heteroatoms. The van der Waals surface area contributed by atoms with Crippen LogP contribution < -0.4 is 10.1 Å². The van der Waals surface area contributed by atoms with Gasteiger partial charge in [0.25, 0.3) is 0 Å². The zero-order valence-corrected chi connectivity index (χ0v) is 16.5. The molecule has 0 aliphatic heterocycles. The smallest absolute Gasteiger partial charge is 0.230 e. The van der Waals surface area contributed by atoms with Crippen LogP contribution in [0.15, 0.2) is 59.8 Å². The summed E-state index contributed by atoms with van der Waals surface area (Å²) in [4.78, 5) is 16.9. The van der Waals surface area contributed by atoms with Crippen LogP contribution in [0.4, 0.5) is 0 Å². The SMILES string of the molecule is COc1ccc(CNC(=O)CSc2nc(C3CC3)n(-c3ccccc3)n2)cc1. The van der Waals surface area contributed by atoms with E-state index in [0.29, 0.717) is 23.4 Å². The lowest BCUT2D eigenvalue weighted by atomic mass is 10.2. The van der Waals surface area contributed by atoms with Gasteiger partial charge in [-0.2, -0.15) is 0 Å². The Hall–Kier alpha value is -2.80. The fraction of sp³-hybridized carbons (Fsp3) is 0.286. The van der Waals surface area contributed by atoms with E-state index in [2.05, 4.69) is 15.4 Å². The average molecular weight is 395 g/mol. The van der Waals surface area contributed by atoms with Gasteiger partial charge in [0.1, 0.15) is 11.6 Å². The van der Waals surface area contributed by atoms with Crippen molar-refractivity contribution in [3.05, 3.63) is 66.0 Å². The van der Waals surface area contributed by atoms with Crippen LogP contribution in [0.2, 0.25) is 0 Å². The van der Waals surface area contributed by atoms with Crippen molar-refractivity contribution in [2.75, 3.05) is 12.9 Å². The van der Waals surface area contributed by atoms with Crippen LogP contribution in [-0.2, 0) is 11.3 Å². The number of rotatable bonds is 8. The molecule has 0 spiro atoms. The Balaban J connectivity index is 1.34. The minimum absolute atomic E-state index is 0.0372. The molecule has 6 nitrogen and oxygen atoms in total. The van der Waals surface area contributed by atoms with Crippen molar-refractivity contribution >= 4 is 17.7 Å². The predicted octanol–water partition coefficient (Wildman–Crippen LogP) is 3.56. The molecule has 0 atom stereocenters. The minimum atomic E-state index is -0.0372. The normalized spacial score (nSPS) is 13.3. The van der Waals surface area contributed by atoms with Crippen molar-refractivity contribution in [3.8, 4) is 11.4 Å². The summed E-state index contributed by atoms with van der Waals surface area (Å²) in [6.07, 6.45) is 2.30. The molecule has 1 fully saturated rings. The first-order chi connectivity index (χ1) is 13.7. The van der Waals surface area contributed by atoms with Gasteiger partial charge in [0.15, 0.2) is 0 Å². The van der Waals surface area contributed by atoms with Gasteiger partial charge in [-0.15, -0.1) is 5.10 Å². The molecule has 4 rings (SSSR count). The molecule has 0 unspecified atom stereocenters. The van der Waals surface area contributed by atoms with E-state index in [1.165, 1.54) is 11.8 Å². The summed E-state index contributed by atoms with van der Waals surface area (Å²) in [5, 5.41) is 8.20. The van der Waals surface area contributed by atoms with Gasteiger partial charge in [-0.3, -0.25) is 4.79 Å². The van der Waals surface area contributed by atoms with E-state index in [4.69, 9.17) is 4.74 Å². The third-order valence-electron chi connectivity index (χ3n) is 4.54. The first kappa shape index (κ1) is 18.6. The Bertz CT molecular complexity index is 937. The minimum Gasteiger partial charge on any atom is -0.497 e. The maximum Gasteiger partial charge on any atom is 0.230 e. The van der Waals surface area contributed by atoms with E-state index in [0.717, 1.165) is 35.7 Å². The van der Waals surface area contributed by atoms with Gasteiger partial charge in [0.05, 0.1) is 18.6 Å². The van der Waals surface area contributed by atoms with E-state index < -0.39 is 0 Å². The highest BCUT2D eigenvalue weighted by atomic mass is 32.2.